The molecule has 0 amide bonds. The van der Waals surface area contributed by atoms with E-state index in [0.717, 1.165) is 0 Å². The molecule has 0 aromatic heterocycles. The van der Waals surface area contributed by atoms with Gasteiger partial charge in [0.2, 0.25) is 0 Å². The van der Waals surface area contributed by atoms with Crippen LogP contribution in [0.25, 0.3) is 6.08 Å². The molecule has 1 N–H and O–H groups in total. The predicted octanol–water partition coefficient (Wildman–Crippen LogP) is 3.68. The topological polar surface area (TPSA) is 37.3 Å². The molecule has 0 heterocycles. The van der Waals surface area contributed by atoms with Crippen LogP contribution in [0, 0.1) is 6.92 Å². The molecular formula is C14H18O2. The highest BCUT2D eigenvalue weighted by molar-refractivity contribution is 5.85. The maximum Gasteiger partial charge on any atom is 0.330 e. The molecule has 0 aliphatic heterocycles. The molecule has 0 radical (unpaired) electrons. The number of rotatable bonds is 3. The number of hydrogen-bond donors (Lipinski definition) is 1. The lowest BCUT2D eigenvalue weighted by Crippen LogP contribution is -1.95. The first-order valence-electron chi connectivity index (χ1n) is 5.11. The minimum Gasteiger partial charge on any atom is -0.478 e. The van der Waals surface area contributed by atoms with Gasteiger partial charge in [-0.2, -0.15) is 0 Å². The van der Waals surface area contributed by atoms with E-state index in [-0.39, 0.29) is 5.57 Å². The molecule has 86 valence electrons. The SMILES string of the molecule is C=C(CC)C(=O)O.C=Cc1ccc(C)cc1. The summed E-state index contributed by atoms with van der Waals surface area (Å²) in [5.41, 5.74) is 2.74. The maximum absolute atomic E-state index is 9.83. The van der Waals surface area contributed by atoms with Crippen LogP contribution in [0.4, 0.5) is 0 Å². The van der Waals surface area contributed by atoms with Crippen LogP contribution < -0.4 is 0 Å². The summed E-state index contributed by atoms with van der Waals surface area (Å²) < 4.78 is 0. The third kappa shape index (κ3) is 5.81. The van der Waals surface area contributed by atoms with Crippen LogP contribution in [-0.2, 0) is 4.79 Å². The summed E-state index contributed by atoms with van der Waals surface area (Å²) in [6.07, 6.45) is 2.37. The number of carbonyl (C=O) groups is 1. The van der Waals surface area contributed by atoms with Gasteiger partial charge in [-0.25, -0.2) is 4.79 Å². The molecule has 0 atom stereocenters. The summed E-state index contributed by atoms with van der Waals surface area (Å²) in [6.45, 7) is 10.8. The van der Waals surface area contributed by atoms with Gasteiger partial charge in [0.15, 0.2) is 0 Å². The summed E-state index contributed by atoms with van der Waals surface area (Å²) in [5.74, 6) is -0.900. The minimum atomic E-state index is -0.900. The van der Waals surface area contributed by atoms with Crippen LogP contribution in [0.3, 0.4) is 0 Å². The summed E-state index contributed by atoms with van der Waals surface area (Å²) in [7, 11) is 0. The van der Waals surface area contributed by atoms with Crippen molar-refractivity contribution in [3.63, 3.8) is 0 Å². The summed E-state index contributed by atoms with van der Waals surface area (Å²) in [6, 6.07) is 8.28. The molecule has 1 rings (SSSR count). The molecule has 2 heteroatoms. The van der Waals surface area contributed by atoms with Gasteiger partial charge in [0, 0.05) is 5.57 Å². The van der Waals surface area contributed by atoms with E-state index in [4.69, 9.17) is 5.11 Å². The average molecular weight is 218 g/mol. The van der Waals surface area contributed by atoms with E-state index in [1.54, 1.807) is 6.92 Å². The van der Waals surface area contributed by atoms with Crippen LogP contribution in [0.1, 0.15) is 24.5 Å². The second-order valence-electron chi connectivity index (χ2n) is 3.38. The molecule has 2 nitrogen and oxygen atoms in total. The summed E-state index contributed by atoms with van der Waals surface area (Å²) in [5, 5.41) is 8.08. The molecular weight excluding hydrogens is 200 g/mol. The molecule has 0 aliphatic carbocycles. The van der Waals surface area contributed by atoms with Crippen molar-refractivity contribution in [2.24, 2.45) is 0 Å². The highest BCUT2D eigenvalue weighted by atomic mass is 16.4. The number of benzene rings is 1. The Hall–Kier alpha value is -1.83. The largest absolute Gasteiger partial charge is 0.478 e. The smallest absolute Gasteiger partial charge is 0.330 e. The van der Waals surface area contributed by atoms with E-state index in [1.165, 1.54) is 11.1 Å². The third-order valence-electron chi connectivity index (χ3n) is 2.04. The van der Waals surface area contributed by atoms with E-state index >= 15 is 0 Å². The van der Waals surface area contributed by atoms with Crippen molar-refractivity contribution in [2.75, 3.05) is 0 Å². The molecule has 0 saturated carbocycles. The van der Waals surface area contributed by atoms with E-state index in [0.29, 0.717) is 6.42 Å². The molecule has 0 bridgehead atoms. The molecule has 0 aliphatic rings. The second kappa shape index (κ2) is 7.46. The van der Waals surface area contributed by atoms with Gasteiger partial charge in [0.25, 0.3) is 0 Å². The quantitative estimate of drug-likeness (QED) is 0.786. The second-order valence-corrected chi connectivity index (χ2v) is 3.38. The van der Waals surface area contributed by atoms with E-state index in [9.17, 15) is 4.79 Å². The maximum atomic E-state index is 9.83. The Labute approximate surface area is 96.9 Å². The molecule has 1 aromatic rings. The van der Waals surface area contributed by atoms with E-state index < -0.39 is 5.97 Å². The molecule has 0 unspecified atom stereocenters. The predicted molar refractivity (Wildman–Crippen MR) is 68.3 cm³/mol. The Balaban J connectivity index is 0.000000293. The van der Waals surface area contributed by atoms with Crippen LogP contribution in [0.15, 0.2) is 43.0 Å². The van der Waals surface area contributed by atoms with Gasteiger partial charge in [0.05, 0.1) is 0 Å². The minimum absolute atomic E-state index is 0.264. The standard InChI is InChI=1S/C9H10.C5H8O2/c1-3-9-6-4-8(2)5-7-9;1-3-4(2)5(6)7/h3-7H,1H2,2H3;2-3H2,1H3,(H,6,7). The van der Waals surface area contributed by atoms with Gasteiger partial charge >= 0.3 is 5.97 Å². The molecule has 0 saturated heterocycles. The first-order chi connectivity index (χ1) is 7.51. The average Bonchev–Trinajstić information content (AvgIpc) is 2.29. The summed E-state index contributed by atoms with van der Waals surface area (Å²) >= 11 is 0. The number of aryl methyl sites for hydroxylation is 1. The van der Waals surface area contributed by atoms with Gasteiger partial charge in [-0.15, -0.1) is 0 Å². The van der Waals surface area contributed by atoms with Gasteiger partial charge in [-0.1, -0.05) is 56.0 Å². The number of carboxylic acid groups (broad SMARTS) is 1. The Morgan fingerprint density at radius 3 is 2.12 bits per heavy atom. The Morgan fingerprint density at radius 2 is 1.88 bits per heavy atom. The van der Waals surface area contributed by atoms with Crippen LogP contribution >= 0.6 is 0 Å². The van der Waals surface area contributed by atoms with Crippen molar-refractivity contribution in [3.8, 4) is 0 Å². The van der Waals surface area contributed by atoms with Crippen LogP contribution in [0.2, 0.25) is 0 Å². The Morgan fingerprint density at radius 1 is 1.38 bits per heavy atom. The highest BCUT2D eigenvalue weighted by Crippen LogP contribution is 2.02. The number of hydrogen-bond acceptors (Lipinski definition) is 1. The van der Waals surface area contributed by atoms with Crippen LogP contribution in [0.5, 0.6) is 0 Å². The van der Waals surface area contributed by atoms with E-state index in [2.05, 4.69) is 44.3 Å². The van der Waals surface area contributed by atoms with Crippen molar-refractivity contribution in [1.82, 2.24) is 0 Å². The van der Waals surface area contributed by atoms with Crippen molar-refractivity contribution in [1.29, 1.82) is 0 Å². The third-order valence-corrected chi connectivity index (χ3v) is 2.04. The fraction of sp³-hybridized carbons (Fsp3) is 0.214. The van der Waals surface area contributed by atoms with Gasteiger partial charge < -0.3 is 5.11 Å². The van der Waals surface area contributed by atoms with Gasteiger partial charge in [-0.05, 0) is 18.9 Å². The first-order valence-corrected chi connectivity index (χ1v) is 5.11. The Bertz CT molecular complexity index is 361. The lowest BCUT2D eigenvalue weighted by atomic mass is 10.2. The Kier molecular flexibility index (Phi) is 6.61. The zero-order valence-electron chi connectivity index (χ0n) is 9.86. The van der Waals surface area contributed by atoms with Gasteiger partial charge in [0.1, 0.15) is 0 Å². The highest BCUT2D eigenvalue weighted by Gasteiger charge is 1.96. The fourth-order valence-electron chi connectivity index (χ4n) is 0.854. The monoisotopic (exact) mass is 218 g/mol. The first kappa shape index (κ1) is 14.2. The van der Waals surface area contributed by atoms with E-state index in [1.807, 2.05) is 6.08 Å². The number of aliphatic carboxylic acids is 1. The zero-order chi connectivity index (χ0) is 12.6. The molecule has 0 spiro atoms. The van der Waals surface area contributed by atoms with Crippen molar-refractivity contribution < 1.29 is 9.90 Å². The molecule has 0 fully saturated rings. The van der Waals surface area contributed by atoms with Crippen molar-refractivity contribution in [3.05, 3.63) is 54.1 Å². The fourth-order valence-corrected chi connectivity index (χ4v) is 0.854. The molecule has 16 heavy (non-hydrogen) atoms. The number of carboxylic acids is 1. The van der Waals surface area contributed by atoms with Crippen molar-refractivity contribution in [2.45, 2.75) is 20.3 Å². The zero-order valence-corrected chi connectivity index (χ0v) is 9.86. The lowest BCUT2D eigenvalue weighted by molar-refractivity contribution is -0.132. The van der Waals surface area contributed by atoms with Crippen LogP contribution in [-0.4, -0.2) is 11.1 Å². The van der Waals surface area contributed by atoms with Crippen molar-refractivity contribution >= 4 is 12.0 Å². The summed E-state index contributed by atoms with van der Waals surface area (Å²) in [4.78, 5) is 9.83. The van der Waals surface area contributed by atoms with Gasteiger partial charge in [-0.3, -0.25) is 0 Å². The lowest BCUT2D eigenvalue weighted by Gasteiger charge is -1.91. The molecule has 1 aromatic carbocycles. The normalized spacial score (nSPS) is 8.62.